The lowest BCUT2D eigenvalue weighted by Crippen LogP contribution is -2.53. The molecule has 1 heterocycles. The maximum Gasteiger partial charge on any atom is 0.239 e. The van der Waals surface area contributed by atoms with Gasteiger partial charge in [0.15, 0.2) is 0 Å². The molecule has 0 spiro atoms. The third-order valence-electron chi connectivity index (χ3n) is 3.17. The third kappa shape index (κ3) is 3.76. The standard InChI is InChI=1S/C12H25N3O/c1-4-14-5-7-15(8-6-14)12(16)11(13)9-10(2)3/h10-11H,4-9,13H2,1-3H3/t11-/m0/s1. The highest BCUT2D eigenvalue weighted by Gasteiger charge is 2.24. The van der Waals surface area contributed by atoms with E-state index in [-0.39, 0.29) is 11.9 Å². The smallest absolute Gasteiger partial charge is 0.239 e. The van der Waals surface area contributed by atoms with Crippen LogP contribution in [0.5, 0.6) is 0 Å². The van der Waals surface area contributed by atoms with E-state index in [1.165, 1.54) is 0 Å². The average Bonchev–Trinajstić information content (AvgIpc) is 2.27. The number of carbonyl (C=O) groups excluding carboxylic acids is 1. The normalized spacial score (nSPS) is 20.2. The van der Waals surface area contributed by atoms with Gasteiger partial charge in [-0.25, -0.2) is 0 Å². The fourth-order valence-corrected chi connectivity index (χ4v) is 2.13. The Kier molecular flexibility index (Phi) is 5.22. The first-order chi connectivity index (χ1) is 7.54. The summed E-state index contributed by atoms with van der Waals surface area (Å²) in [5, 5.41) is 0. The van der Waals surface area contributed by atoms with Gasteiger partial charge in [-0.3, -0.25) is 4.79 Å². The summed E-state index contributed by atoms with van der Waals surface area (Å²) in [6, 6.07) is -0.312. The van der Waals surface area contributed by atoms with Crippen molar-refractivity contribution in [3.63, 3.8) is 0 Å². The van der Waals surface area contributed by atoms with E-state index in [0.717, 1.165) is 39.1 Å². The van der Waals surface area contributed by atoms with Crippen LogP contribution in [0.4, 0.5) is 0 Å². The van der Waals surface area contributed by atoms with E-state index in [0.29, 0.717) is 5.92 Å². The van der Waals surface area contributed by atoms with Crippen molar-refractivity contribution in [1.29, 1.82) is 0 Å². The van der Waals surface area contributed by atoms with Crippen LogP contribution in [0.3, 0.4) is 0 Å². The molecule has 1 rings (SSSR count). The van der Waals surface area contributed by atoms with E-state index in [2.05, 4.69) is 25.7 Å². The van der Waals surface area contributed by atoms with Gasteiger partial charge < -0.3 is 15.5 Å². The van der Waals surface area contributed by atoms with Gasteiger partial charge in [-0.1, -0.05) is 20.8 Å². The van der Waals surface area contributed by atoms with Crippen LogP contribution in [-0.4, -0.2) is 54.5 Å². The molecule has 1 amide bonds. The molecule has 1 saturated heterocycles. The molecule has 0 radical (unpaired) electrons. The van der Waals surface area contributed by atoms with Gasteiger partial charge in [0.1, 0.15) is 0 Å². The fraction of sp³-hybridized carbons (Fsp3) is 0.917. The number of carbonyl (C=O) groups is 1. The molecule has 16 heavy (non-hydrogen) atoms. The van der Waals surface area contributed by atoms with Crippen LogP contribution in [-0.2, 0) is 4.79 Å². The van der Waals surface area contributed by atoms with Gasteiger partial charge in [0.2, 0.25) is 5.91 Å². The van der Waals surface area contributed by atoms with Crippen LogP contribution in [0, 0.1) is 5.92 Å². The Morgan fingerprint density at radius 1 is 1.25 bits per heavy atom. The Labute approximate surface area is 98.8 Å². The fourth-order valence-electron chi connectivity index (χ4n) is 2.13. The van der Waals surface area contributed by atoms with Crippen molar-refractivity contribution in [3.05, 3.63) is 0 Å². The Morgan fingerprint density at radius 3 is 2.25 bits per heavy atom. The largest absolute Gasteiger partial charge is 0.339 e. The maximum absolute atomic E-state index is 12.0. The van der Waals surface area contributed by atoms with Crippen molar-refractivity contribution in [2.45, 2.75) is 33.2 Å². The Hall–Kier alpha value is -0.610. The summed E-state index contributed by atoms with van der Waals surface area (Å²) in [6.07, 6.45) is 0.785. The average molecular weight is 227 g/mol. The second-order valence-electron chi connectivity index (χ2n) is 5.00. The van der Waals surface area contributed by atoms with E-state index < -0.39 is 0 Å². The van der Waals surface area contributed by atoms with Crippen LogP contribution >= 0.6 is 0 Å². The van der Waals surface area contributed by atoms with E-state index >= 15 is 0 Å². The molecule has 0 bridgehead atoms. The summed E-state index contributed by atoms with van der Waals surface area (Å²) in [5.41, 5.74) is 5.91. The van der Waals surface area contributed by atoms with Crippen LogP contribution in [0.1, 0.15) is 27.2 Å². The van der Waals surface area contributed by atoms with Crippen LogP contribution in [0.25, 0.3) is 0 Å². The van der Waals surface area contributed by atoms with Crippen LogP contribution in [0.15, 0.2) is 0 Å². The number of hydrogen-bond acceptors (Lipinski definition) is 3. The molecule has 2 N–H and O–H groups in total. The summed E-state index contributed by atoms with van der Waals surface area (Å²) < 4.78 is 0. The molecular weight excluding hydrogens is 202 g/mol. The molecule has 0 aromatic carbocycles. The molecule has 1 fully saturated rings. The predicted molar refractivity (Wildman–Crippen MR) is 66.1 cm³/mol. The minimum absolute atomic E-state index is 0.129. The molecule has 1 atom stereocenters. The molecule has 0 aliphatic carbocycles. The molecule has 0 unspecified atom stereocenters. The van der Waals surface area contributed by atoms with Crippen molar-refractivity contribution in [2.24, 2.45) is 11.7 Å². The minimum Gasteiger partial charge on any atom is -0.339 e. The number of hydrogen-bond donors (Lipinski definition) is 1. The zero-order valence-electron chi connectivity index (χ0n) is 10.8. The topological polar surface area (TPSA) is 49.6 Å². The minimum atomic E-state index is -0.312. The molecule has 94 valence electrons. The number of amides is 1. The van der Waals surface area contributed by atoms with Crippen molar-refractivity contribution in [2.75, 3.05) is 32.7 Å². The van der Waals surface area contributed by atoms with Gasteiger partial charge in [-0.05, 0) is 18.9 Å². The van der Waals surface area contributed by atoms with Gasteiger partial charge in [0.25, 0.3) is 0 Å². The highest BCUT2D eigenvalue weighted by atomic mass is 16.2. The maximum atomic E-state index is 12.0. The molecule has 0 aromatic rings. The van der Waals surface area contributed by atoms with Gasteiger partial charge in [-0.15, -0.1) is 0 Å². The Bertz CT molecular complexity index is 222. The van der Waals surface area contributed by atoms with E-state index in [1.807, 2.05) is 4.90 Å². The second kappa shape index (κ2) is 6.21. The zero-order valence-corrected chi connectivity index (χ0v) is 10.8. The quantitative estimate of drug-likeness (QED) is 0.762. The first kappa shape index (κ1) is 13.5. The van der Waals surface area contributed by atoms with Crippen LogP contribution in [0.2, 0.25) is 0 Å². The summed E-state index contributed by atoms with van der Waals surface area (Å²) >= 11 is 0. The lowest BCUT2D eigenvalue weighted by molar-refractivity contribution is -0.134. The molecule has 1 aliphatic rings. The van der Waals surface area contributed by atoms with Gasteiger partial charge in [-0.2, -0.15) is 0 Å². The highest BCUT2D eigenvalue weighted by molar-refractivity contribution is 5.81. The number of likely N-dealkylation sites (N-methyl/N-ethyl adjacent to an activating group) is 1. The SMILES string of the molecule is CCN1CCN(C(=O)[C@@H](N)CC(C)C)CC1. The third-order valence-corrected chi connectivity index (χ3v) is 3.17. The molecule has 4 heteroatoms. The lowest BCUT2D eigenvalue weighted by atomic mass is 10.0. The van der Waals surface area contributed by atoms with Gasteiger partial charge in [0, 0.05) is 26.2 Å². The van der Waals surface area contributed by atoms with Crippen molar-refractivity contribution < 1.29 is 4.79 Å². The number of nitrogens with two attached hydrogens (primary N) is 1. The van der Waals surface area contributed by atoms with E-state index in [4.69, 9.17) is 5.73 Å². The van der Waals surface area contributed by atoms with Gasteiger partial charge in [0.05, 0.1) is 6.04 Å². The molecule has 1 aliphatic heterocycles. The van der Waals surface area contributed by atoms with E-state index in [9.17, 15) is 4.79 Å². The highest BCUT2D eigenvalue weighted by Crippen LogP contribution is 2.08. The Morgan fingerprint density at radius 2 is 1.81 bits per heavy atom. The first-order valence-electron chi connectivity index (χ1n) is 6.31. The van der Waals surface area contributed by atoms with Crippen molar-refractivity contribution in [1.82, 2.24) is 9.80 Å². The summed E-state index contributed by atoms with van der Waals surface area (Å²) in [7, 11) is 0. The molecular formula is C12H25N3O. The molecule has 0 aromatic heterocycles. The Balaban J connectivity index is 2.38. The van der Waals surface area contributed by atoms with Crippen molar-refractivity contribution >= 4 is 5.91 Å². The zero-order chi connectivity index (χ0) is 12.1. The number of piperazine rings is 1. The van der Waals surface area contributed by atoms with Gasteiger partial charge >= 0.3 is 0 Å². The monoisotopic (exact) mass is 227 g/mol. The van der Waals surface area contributed by atoms with Crippen LogP contribution < -0.4 is 5.73 Å². The number of rotatable bonds is 4. The predicted octanol–water partition coefficient (Wildman–Crippen LogP) is 0.524. The summed E-state index contributed by atoms with van der Waals surface area (Å²) in [6.45, 7) is 11.1. The van der Waals surface area contributed by atoms with E-state index in [1.54, 1.807) is 0 Å². The number of nitrogens with zero attached hydrogens (tertiary/aromatic N) is 2. The van der Waals surface area contributed by atoms with Crippen molar-refractivity contribution in [3.8, 4) is 0 Å². The first-order valence-corrected chi connectivity index (χ1v) is 6.31. The summed E-state index contributed by atoms with van der Waals surface area (Å²) in [5.74, 6) is 0.611. The summed E-state index contributed by atoms with van der Waals surface area (Å²) in [4.78, 5) is 16.3. The second-order valence-corrected chi connectivity index (χ2v) is 5.00. The molecule has 0 saturated carbocycles. The lowest BCUT2D eigenvalue weighted by Gasteiger charge is -2.35. The molecule has 4 nitrogen and oxygen atoms in total.